The standard InChI is InChI=1S/C19H22N4O2/c1-15(21-18(24)16-7-9-20-10-8-16)19(25)23-13-11-22(12-14-23)17-5-3-2-4-6-17/h2-10,15H,11-14H2,1H3,(H,21,24)/t15-/m0/s1. The number of nitrogens with zero attached hydrogens (tertiary/aromatic N) is 3. The van der Waals surface area contributed by atoms with Gasteiger partial charge in [0.2, 0.25) is 5.91 Å². The summed E-state index contributed by atoms with van der Waals surface area (Å²) in [7, 11) is 0. The van der Waals surface area contributed by atoms with Crippen LogP contribution in [0.15, 0.2) is 54.9 Å². The minimum Gasteiger partial charge on any atom is -0.368 e. The highest BCUT2D eigenvalue weighted by molar-refractivity contribution is 5.97. The molecule has 3 rings (SSSR count). The molecule has 1 N–H and O–H groups in total. The van der Waals surface area contributed by atoms with E-state index in [-0.39, 0.29) is 11.8 Å². The van der Waals surface area contributed by atoms with E-state index in [2.05, 4.69) is 27.3 Å². The molecule has 1 atom stereocenters. The molecule has 0 aliphatic carbocycles. The van der Waals surface area contributed by atoms with Crippen molar-refractivity contribution in [1.82, 2.24) is 15.2 Å². The van der Waals surface area contributed by atoms with Crippen molar-refractivity contribution in [2.75, 3.05) is 31.1 Å². The van der Waals surface area contributed by atoms with Crippen molar-refractivity contribution < 1.29 is 9.59 Å². The van der Waals surface area contributed by atoms with Gasteiger partial charge in [0.1, 0.15) is 6.04 Å². The second-order valence-corrected chi connectivity index (χ2v) is 6.08. The average Bonchev–Trinajstić information content (AvgIpc) is 2.69. The van der Waals surface area contributed by atoms with Crippen LogP contribution in [0.3, 0.4) is 0 Å². The van der Waals surface area contributed by atoms with Gasteiger partial charge in [-0.1, -0.05) is 18.2 Å². The van der Waals surface area contributed by atoms with Gasteiger partial charge in [-0.05, 0) is 31.2 Å². The Morgan fingerprint density at radius 1 is 1.00 bits per heavy atom. The molecule has 0 bridgehead atoms. The molecule has 6 heteroatoms. The van der Waals surface area contributed by atoms with Crippen molar-refractivity contribution in [2.45, 2.75) is 13.0 Å². The van der Waals surface area contributed by atoms with Gasteiger partial charge < -0.3 is 15.1 Å². The lowest BCUT2D eigenvalue weighted by Gasteiger charge is -2.37. The number of piperazine rings is 1. The van der Waals surface area contributed by atoms with E-state index in [1.807, 2.05) is 23.1 Å². The molecule has 6 nitrogen and oxygen atoms in total. The fourth-order valence-electron chi connectivity index (χ4n) is 2.94. The third kappa shape index (κ3) is 4.15. The van der Waals surface area contributed by atoms with Crippen LogP contribution < -0.4 is 10.2 Å². The molecule has 2 aromatic rings. The molecular formula is C19H22N4O2. The first kappa shape index (κ1) is 17.0. The van der Waals surface area contributed by atoms with Crippen LogP contribution in [0.25, 0.3) is 0 Å². The molecule has 1 aliphatic heterocycles. The molecule has 1 aromatic carbocycles. The van der Waals surface area contributed by atoms with Crippen molar-refractivity contribution in [3.05, 3.63) is 60.4 Å². The molecule has 1 aromatic heterocycles. The Labute approximate surface area is 147 Å². The summed E-state index contributed by atoms with van der Waals surface area (Å²) >= 11 is 0. The highest BCUT2D eigenvalue weighted by atomic mass is 16.2. The molecule has 1 fully saturated rings. The maximum atomic E-state index is 12.6. The third-order valence-corrected chi connectivity index (χ3v) is 4.37. The second-order valence-electron chi connectivity index (χ2n) is 6.08. The van der Waals surface area contributed by atoms with Crippen LogP contribution in [0.5, 0.6) is 0 Å². The number of carbonyl (C=O) groups excluding carboxylic acids is 2. The first-order chi connectivity index (χ1) is 12.1. The zero-order valence-electron chi connectivity index (χ0n) is 14.3. The van der Waals surface area contributed by atoms with Gasteiger partial charge in [0, 0.05) is 49.8 Å². The summed E-state index contributed by atoms with van der Waals surface area (Å²) in [4.78, 5) is 32.7. The van der Waals surface area contributed by atoms with Crippen LogP contribution in [0.1, 0.15) is 17.3 Å². The summed E-state index contributed by atoms with van der Waals surface area (Å²) in [5.41, 5.74) is 1.68. The quantitative estimate of drug-likeness (QED) is 0.919. The molecule has 130 valence electrons. The maximum Gasteiger partial charge on any atom is 0.252 e. The van der Waals surface area contributed by atoms with Crippen molar-refractivity contribution in [2.24, 2.45) is 0 Å². The van der Waals surface area contributed by atoms with Gasteiger partial charge in [0.25, 0.3) is 5.91 Å². The summed E-state index contributed by atoms with van der Waals surface area (Å²) in [6, 6.07) is 12.9. The number of carbonyl (C=O) groups is 2. The summed E-state index contributed by atoms with van der Waals surface area (Å²) in [5.74, 6) is -0.304. The number of amides is 2. The van der Waals surface area contributed by atoms with Gasteiger partial charge in [0.05, 0.1) is 0 Å². The first-order valence-electron chi connectivity index (χ1n) is 8.45. The maximum absolute atomic E-state index is 12.6. The van der Waals surface area contributed by atoms with Crippen molar-refractivity contribution in [3.63, 3.8) is 0 Å². The zero-order chi connectivity index (χ0) is 17.6. The fraction of sp³-hybridized carbons (Fsp3) is 0.316. The van der Waals surface area contributed by atoms with Crippen molar-refractivity contribution in [1.29, 1.82) is 0 Å². The van der Waals surface area contributed by atoms with Crippen molar-refractivity contribution >= 4 is 17.5 Å². The van der Waals surface area contributed by atoms with Crippen LogP contribution in [0.2, 0.25) is 0 Å². The number of rotatable bonds is 4. The number of pyridine rings is 1. The van der Waals surface area contributed by atoms with E-state index in [0.717, 1.165) is 13.1 Å². The Morgan fingerprint density at radius 3 is 2.28 bits per heavy atom. The smallest absolute Gasteiger partial charge is 0.252 e. The summed E-state index contributed by atoms with van der Waals surface area (Å²) in [6.45, 7) is 4.62. The Hall–Kier alpha value is -2.89. The molecule has 1 aliphatic rings. The minimum absolute atomic E-state index is 0.0462. The van der Waals surface area contributed by atoms with E-state index in [9.17, 15) is 9.59 Å². The van der Waals surface area contributed by atoms with E-state index in [4.69, 9.17) is 0 Å². The Morgan fingerprint density at radius 2 is 1.64 bits per heavy atom. The first-order valence-corrected chi connectivity index (χ1v) is 8.45. The van der Waals surface area contributed by atoms with Gasteiger partial charge in [-0.3, -0.25) is 14.6 Å². The normalized spacial score (nSPS) is 15.6. The zero-order valence-corrected chi connectivity index (χ0v) is 14.3. The van der Waals surface area contributed by atoms with Gasteiger partial charge >= 0.3 is 0 Å². The molecule has 2 amide bonds. The van der Waals surface area contributed by atoms with E-state index in [0.29, 0.717) is 18.7 Å². The number of hydrogen-bond donors (Lipinski definition) is 1. The molecule has 0 unspecified atom stereocenters. The molecule has 25 heavy (non-hydrogen) atoms. The lowest BCUT2D eigenvalue weighted by Crippen LogP contribution is -2.54. The SMILES string of the molecule is C[C@H](NC(=O)c1ccncc1)C(=O)N1CCN(c2ccccc2)CC1. The largest absolute Gasteiger partial charge is 0.368 e. The monoisotopic (exact) mass is 338 g/mol. The van der Waals surface area contributed by atoms with Gasteiger partial charge in [0.15, 0.2) is 0 Å². The number of nitrogens with one attached hydrogen (secondary N) is 1. The predicted molar refractivity (Wildman–Crippen MR) is 96.4 cm³/mol. The van der Waals surface area contributed by atoms with Crippen LogP contribution in [-0.2, 0) is 4.79 Å². The van der Waals surface area contributed by atoms with E-state index < -0.39 is 6.04 Å². The fourth-order valence-corrected chi connectivity index (χ4v) is 2.94. The number of benzene rings is 1. The average molecular weight is 338 g/mol. The highest BCUT2D eigenvalue weighted by Crippen LogP contribution is 2.16. The number of aromatic nitrogens is 1. The topological polar surface area (TPSA) is 65.5 Å². The molecule has 2 heterocycles. The van der Waals surface area contributed by atoms with Crippen LogP contribution >= 0.6 is 0 Å². The summed E-state index contributed by atoms with van der Waals surface area (Å²) < 4.78 is 0. The van der Waals surface area contributed by atoms with E-state index in [1.165, 1.54) is 5.69 Å². The minimum atomic E-state index is -0.552. The van der Waals surface area contributed by atoms with E-state index in [1.54, 1.807) is 31.5 Å². The predicted octanol–water partition coefficient (Wildman–Crippen LogP) is 1.55. The van der Waals surface area contributed by atoms with Crippen LogP contribution in [0.4, 0.5) is 5.69 Å². The summed E-state index contributed by atoms with van der Waals surface area (Å²) in [5, 5.41) is 2.76. The van der Waals surface area contributed by atoms with Crippen LogP contribution in [0, 0.1) is 0 Å². The van der Waals surface area contributed by atoms with Gasteiger partial charge in [-0.15, -0.1) is 0 Å². The highest BCUT2D eigenvalue weighted by Gasteiger charge is 2.26. The number of para-hydroxylation sites is 1. The number of anilines is 1. The van der Waals surface area contributed by atoms with Gasteiger partial charge in [-0.2, -0.15) is 0 Å². The Bertz CT molecular complexity index is 713. The molecule has 1 saturated heterocycles. The molecule has 0 radical (unpaired) electrons. The van der Waals surface area contributed by atoms with E-state index >= 15 is 0 Å². The lowest BCUT2D eigenvalue weighted by molar-refractivity contribution is -0.133. The van der Waals surface area contributed by atoms with Crippen molar-refractivity contribution in [3.8, 4) is 0 Å². The van der Waals surface area contributed by atoms with Crippen LogP contribution in [-0.4, -0.2) is 53.9 Å². The Balaban J connectivity index is 1.53. The number of hydrogen-bond acceptors (Lipinski definition) is 4. The lowest BCUT2D eigenvalue weighted by atomic mass is 10.2. The Kier molecular flexibility index (Phi) is 5.28. The molecular weight excluding hydrogens is 316 g/mol. The molecule has 0 spiro atoms. The van der Waals surface area contributed by atoms with Gasteiger partial charge in [-0.25, -0.2) is 0 Å². The molecule has 0 saturated carbocycles. The summed E-state index contributed by atoms with van der Waals surface area (Å²) in [6.07, 6.45) is 3.12. The second kappa shape index (κ2) is 7.79. The third-order valence-electron chi connectivity index (χ3n) is 4.37.